The quantitative estimate of drug-likeness (QED) is 0.312. The van der Waals surface area contributed by atoms with Crippen LogP contribution in [0.1, 0.15) is 56.1 Å². The SMILES string of the molecule is Cc1onc(I)c1Cn1cc(N2C(=O)N(Cc3c(F)cccc3C3(C)CC3)C(C)(C)C2=O)cn1. The Morgan fingerprint density at radius 3 is 2.53 bits per heavy atom. The molecule has 34 heavy (non-hydrogen) atoms. The molecule has 10 heteroatoms. The molecule has 1 aliphatic carbocycles. The summed E-state index contributed by atoms with van der Waals surface area (Å²) < 4.78 is 22.5. The van der Waals surface area contributed by atoms with Crippen molar-refractivity contribution < 1.29 is 18.5 Å². The van der Waals surface area contributed by atoms with Gasteiger partial charge in [0.1, 0.15) is 20.8 Å². The monoisotopic (exact) mass is 577 g/mol. The van der Waals surface area contributed by atoms with Gasteiger partial charge < -0.3 is 9.42 Å². The van der Waals surface area contributed by atoms with Crippen LogP contribution in [0, 0.1) is 16.4 Å². The third-order valence-corrected chi connectivity index (χ3v) is 7.89. The topological polar surface area (TPSA) is 84.5 Å². The number of carbonyl (C=O) groups is 2. The highest BCUT2D eigenvalue weighted by atomic mass is 127. The summed E-state index contributed by atoms with van der Waals surface area (Å²) in [6, 6.07) is 4.56. The van der Waals surface area contributed by atoms with Gasteiger partial charge in [0, 0.05) is 17.3 Å². The first-order valence-electron chi connectivity index (χ1n) is 11.1. The van der Waals surface area contributed by atoms with Crippen LogP contribution >= 0.6 is 22.6 Å². The fourth-order valence-electron chi connectivity index (χ4n) is 4.49. The fourth-order valence-corrected chi connectivity index (χ4v) is 5.13. The van der Waals surface area contributed by atoms with Gasteiger partial charge in [0.15, 0.2) is 0 Å². The van der Waals surface area contributed by atoms with Crippen LogP contribution in [0.25, 0.3) is 0 Å². The molecule has 1 saturated carbocycles. The van der Waals surface area contributed by atoms with E-state index in [4.69, 9.17) is 4.52 Å². The van der Waals surface area contributed by atoms with Crippen molar-refractivity contribution in [2.45, 2.75) is 64.6 Å². The highest BCUT2D eigenvalue weighted by molar-refractivity contribution is 14.1. The molecule has 3 heterocycles. The van der Waals surface area contributed by atoms with Crippen LogP contribution in [-0.4, -0.2) is 37.3 Å². The summed E-state index contributed by atoms with van der Waals surface area (Å²) in [7, 11) is 0. The molecule has 1 aromatic carbocycles. The van der Waals surface area contributed by atoms with E-state index in [1.165, 1.54) is 17.2 Å². The zero-order valence-electron chi connectivity index (χ0n) is 19.4. The molecule has 178 valence electrons. The fraction of sp³-hybridized carbons (Fsp3) is 0.417. The molecule has 5 rings (SSSR count). The third-order valence-electron chi connectivity index (χ3n) is 7.04. The molecule has 0 N–H and O–H groups in total. The number of urea groups is 1. The van der Waals surface area contributed by atoms with Gasteiger partial charge in [0.05, 0.1) is 25.0 Å². The largest absolute Gasteiger partial charge is 0.360 e. The normalized spacial score (nSPS) is 18.8. The second-order valence-electron chi connectivity index (χ2n) is 9.80. The molecular weight excluding hydrogens is 552 g/mol. The molecule has 2 aromatic heterocycles. The van der Waals surface area contributed by atoms with Gasteiger partial charge in [-0.2, -0.15) is 5.10 Å². The van der Waals surface area contributed by atoms with E-state index in [0.717, 1.165) is 32.6 Å². The van der Waals surface area contributed by atoms with Crippen LogP contribution in [0.5, 0.6) is 0 Å². The molecule has 3 amide bonds. The average molecular weight is 577 g/mol. The van der Waals surface area contributed by atoms with E-state index in [2.05, 4.69) is 39.8 Å². The summed E-state index contributed by atoms with van der Waals surface area (Å²) in [4.78, 5) is 29.4. The molecule has 3 aromatic rings. The lowest BCUT2D eigenvalue weighted by molar-refractivity contribution is -0.123. The lowest BCUT2D eigenvalue weighted by Gasteiger charge is -2.29. The number of rotatable bonds is 6. The van der Waals surface area contributed by atoms with Crippen LogP contribution in [-0.2, 0) is 23.3 Å². The summed E-state index contributed by atoms with van der Waals surface area (Å²) in [5, 5.41) is 8.27. The first-order valence-corrected chi connectivity index (χ1v) is 12.2. The Labute approximate surface area is 210 Å². The Morgan fingerprint density at radius 2 is 1.88 bits per heavy atom. The molecule has 8 nitrogen and oxygen atoms in total. The van der Waals surface area contributed by atoms with Gasteiger partial charge in [-0.1, -0.05) is 24.2 Å². The van der Waals surface area contributed by atoms with Gasteiger partial charge in [-0.05, 0) is 73.2 Å². The number of imide groups is 1. The number of amides is 3. The number of benzene rings is 1. The first-order chi connectivity index (χ1) is 16.0. The van der Waals surface area contributed by atoms with E-state index in [9.17, 15) is 14.0 Å². The lowest BCUT2D eigenvalue weighted by Crippen LogP contribution is -2.44. The van der Waals surface area contributed by atoms with Crippen molar-refractivity contribution in [3.05, 3.63) is 62.6 Å². The van der Waals surface area contributed by atoms with Crippen LogP contribution < -0.4 is 4.90 Å². The Balaban J connectivity index is 1.44. The van der Waals surface area contributed by atoms with Gasteiger partial charge in [-0.3, -0.25) is 9.48 Å². The maximum Gasteiger partial charge on any atom is 0.332 e. The third kappa shape index (κ3) is 3.62. The van der Waals surface area contributed by atoms with E-state index in [1.54, 1.807) is 30.8 Å². The predicted molar refractivity (Wildman–Crippen MR) is 131 cm³/mol. The van der Waals surface area contributed by atoms with Gasteiger partial charge in [0.25, 0.3) is 5.91 Å². The van der Waals surface area contributed by atoms with Crippen molar-refractivity contribution in [2.75, 3.05) is 4.90 Å². The summed E-state index contributed by atoms with van der Waals surface area (Å²) >= 11 is 2.09. The minimum atomic E-state index is -1.14. The molecule has 0 bridgehead atoms. The summed E-state index contributed by atoms with van der Waals surface area (Å²) in [5.41, 5.74) is 1.44. The van der Waals surface area contributed by atoms with Gasteiger partial charge in [0.2, 0.25) is 0 Å². The van der Waals surface area contributed by atoms with Crippen LogP contribution in [0.15, 0.2) is 35.1 Å². The summed E-state index contributed by atoms with van der Waals surface area (Å²) in [6.07, 6.45) is 5.10. The van der Waals surface area contributed by atoms with Gasteiger partial charge in [-0.15, -0.1) is 0 Å². The summed E-state index contributed by atoms with van der Waals surface area (Å²) in [5.74, 6) is -0.0397. The number of anilines is 1. The number of nitrogens with zero attached hydrogens (tertiary/aromatic N) is 5. The second-order valence-corrected chi connectivity index (χ2v) is 10.8. The summed E-state index contributed by atoms with van der Waals surface area (Å²) in [6.45, 7) is 7.74. The van der Waals surface area contributed by atoms with E-state index in [0.29, 0.717) is 23.6 Å². The van der Waals surface area contributed by atoms with Crippen molar-refractivity contribution in [1.29, 1.82) is 0 Å². The molecule has 2 fully saturated rings. The van der Waals surface area contributed by atoms with Crippen molar-refractivity contribution in [3.8, 4) is 0 Å². The number of aryl methyl sites for hydroxylation is 1. The lowest BCUT2D eigenvalue weighted by atomic mass is 9.91. The molecule has 0 unspecified atom stereocenters. The van der Waals surface area contributed by atoms with E-state index < -0.39 is 11.6 Å². The number of halogens is 2. The van der Waals surface area contributed by atoms with E-state index in [1.807, 2.05) is 13.0 Å². The van der Waals surface area contributed by atoms with E-state index >= 15 is 0 Å². The average Bonchev–Trinajstić information content (AvgIpc) is 3.16. The Hall–Kier alpha value is -2.76. The molecule has 0 atom stereocenters. The molecule has 1 aliphatic heterocycles. The Morgan fingerprint density at radius 1 is 1.15 bits per heavy atom. The van der Waals surface area contributed by atoms with Crippen LogP contribution in [0.3, 0.4) is 0 Å². The molecule has 0 spiro atoms. The van der Waals surface area contributed by atoms with Crippen molar-refractivity contribution in [2.24, 2.45) is 0 Å². The standard InChI is InChI=1S/C24H25FIN5O3/c1-14-16(20(26)28-34-14)12-29-11-15(10-27-29)31-21(32)23(2,3)30(22(31)33)13-17-18(24(4)8-9-24)6-5-7-19(17)25/h5-7,10-11H,8-9,12-13H2,1-4H3. The number of hydrogen-bond acceptors (Lipinski definition) is 5. The highest BCUT2D eigenvalue weighted by Gasteiger charge is 2.53. The Bertz CT molecular complexity index is 1290. The van der Waals surface area contributed by atoms with Crippen molar-refractivity contribution in [3.63, 3.8) is 0 Å². The minimum Gasteiger partial charge on any atom is -0.360 e. The second kappa shape index (κ2) is 7.89. The maximum absolute atomic E-state index is 14.9. The van der Waals surface area contributed by atoms with E-state index in [-0.39, 0.29) is 23.7 Å². The maximum atomic E-state index is 14.9. The Kier molecular flexibility index (Phi) is 5.34. The zero-order chi connectivity index (χ0) is 24.4. The van der Waals surface area contributed by atoms with Gasteiger partial charge in [-0.25, -0.2) is 14.1 Å². The van der Waals surface area contributed by atoms with Crippen molar-refractivity contribution >= 4 is 40.2 Å². The molecule has 2 aliphatic rings. The van der Waals surface area contributed by atoms with Crippen LogP contribution in [0.4, 0.5) is 14.9 Å². The van der Waals surface area contributed by atoms with Crippen LogP contribution in [0.2, 0.25) is 0 Å². The predicted octanol–water partition coefficient (Wildman–Crippen LogP) is 4.77. The number of aromatic nitrogens is 3. The zero-order valence-corrected chi connectivity index (χ0v) is 21.6. The number of hydrogen-bond donors (Lipinski definition) is 0. The van der Waals surface area contributed by atoms with Gasteiger partial charge >= 0.3 is 6.03 Å². The molecule has 0 radical (unpaired) electrons. The number of carbonyl (C=O) groups excluding carboxylic acids is 2. The minimum absolute atomic E-state index is 0.0257. The molecular formula is C24H25FIN5O3. The molecule has 1 saturated heterocycles. The first kappa shape index (κ1) is 23.0. The highest BCUT2D eigenvalue weighted by Crippen LogP contribution is 2.49. The van der Waals surface area contributed by atoms with Crippen molar-refractivity contribution in [1.82, 2.24) is 19.8 Å². The smallest absolute Gasteiger partial charge is 0.332 e.